The van der Waals surface area contributed by atoms with Crippen molar-refractivity contribution in [2.45, 2.75) is 89.9 Å². The summed E-state index contributed by atoms with van der Waals surface area (Å²) in [5.41, 5.74) is 0.868. The van der Waals surface area contributed by atoms with Gasteiger partial charge in [0.05, 0.1) is 19.8 Å². The van der Waals surface area contributed by atoms with E-state index in [1.54, 1.807) is 6.92 Å². The Morgan fingerprint density at radius 3 is 2.22 bits per heavy atom. The van der Waals surface area contributed by atoms with E-state index in [2.05, 4.69) is 18.8 Å². The van der Waals surface area contributed by atoms with Crippen LogP contribution in [0.1, 0.15) is 70.8 Å². The smallest absolute Gasteiger partial charge is 0.329 e. The van der Waals surface area contributed by atoms with Crippen LogP contribution in [0.2, 0.25) is 0 Å². The van der Waals surface area contributed by atoms with E-state index < -0.39 is 30.8 Å². The Morgan fingerprint density at radius 1 is 0.972 bits per heavy atom. The first kappa shape index (κ1) is 33.7. The molecule has 0 saturated carbocycles. The quantitative estimate of drug-likeness (QED) is 0.128. The number of allylic oxidation sites excluding steroid dienone is 1. The van der Waals surface area contributed by atoms with Crippen LogP contribution in [0.25, 0.3) is 0 Å². The molecule has 0 radical (unpaired) electrons. The van der Waals surface area contributed by atoms with Crippen molar-refractivity contribution in [2.24, 2.45) is 0 Å². The summed E-state index contributed by atoms with van der Waals surface area (Å²) in [7, 11) is 0. The Kier molecular flexibility index (Phi) is 21.7. The third-order valence-corrected chi connectivity index (χ3v) is 5.23. The number of carbonyl (C=O) groups excluding carboxylic acids is 2. The summed E-state index contributed by atoms with van der Waals surface area (Å²) in [6.45, 7) is 6.59. The molecule has 1 aromatic carbocycles. The fraction of sp³-hybridized carbons (Fsp3) is 0.643. The van der Waals surface area contributed by atoms with E-state index in [1.165, 1.54) is 44.9 Å². The van der Waals surface area contributed by atoms with Crippen LogP contribution < -0.4 is 5.32 Å². The van der Waals surface area contributed by atoms with Gasteiger partial charge >= 0.3 is 5.97 Å². The number of ether oxygens (including phenoxy) is 2. The van der Waals surface area contributed by atoms with Gasteiger partial charge in [-0.05, 0) is 18.4 Å². The Bertz CT molecular complexity index is 684. The second-order valence-corrected chi connectivity index (χ2v) is 8.67. The molecular weight excluding hydrogens is 462 g/mol. The molecule has 0 bridgehead atoms. The maximum atomic E-state index is 12.3. The minimum Gasteiger partial charge on any atom is -0.461 e. The van der Waals surface area contributed by atoms with E-state index in [4.69, 9.17) is 19.7 Å². The van der Waals surface area contributed by atoms with E-state index in [0.717, 1.165) is 5.56 Å². The number of amides is 1. The normalized spacial score (nSPS) is 13.0. The zero-order valence-electron chi connectivity index (χ0n) is 22.1. The second-order valence-electron chi connectivity index (χ2n) is 8.67. The number of hydrogen-bond acceptors (Lipinski definition) is 7. The molecule has 0 heterocycles. The first-order chi connectivity index (χ1) is 17.4. The summed E-state index contributed by atoms with van der Waals surface area (Å²) in [4.78, 5) is 23.9. The lowest BCUT2D eigenvalue weighted by Gasteiger charge is -2.19. The third-order valence-electron chi connectivity index (χ3n) is 5.23. The molecule has 1 aromatic rings. The van der Waals surface area contributed by atoms with Gasteiger partial charge in [-0.1, -0.05) is 82.4 Å². The largest absolute Gasteiger partial charge is 0.461 e. The fourth-order valence-electron chi connectivity index (χ4n) is 3.13. The van der Waals surface area contributed by atoms with Crippen molar-refractivity contribution in [3.05, 3.63) is 48.6 Å². The molecule has 8 nitrogen and oxygen atoms in total. The van der Waals surface area contributed by atoms with Gasteiger partial charge in [-0.3, -0.25) is 4.79 Å². The van der Waals surface area contributed by atoms with Gasteiger partial charge in [0, 0.05) is 12.8 Å². The van der Waals surface area contributed by atoms with Crippen molar-refractivity contribution in [1.82, 2.24) is 5.32 Å². The SMILES string of the molecule is C=CCCCCCCCC.CCC(=O)NC(Cc1ccccc1)C(=O)OCC(O)COCC(O)CO. The van der Waals surface area contributed by atoms with Gasteiger partial charge in [-0.25, -0.2) is 4.79 Å². The van der Waals surface area contributed by atoms with E-state index in [0.29, 0.717) is 0 Å². The minimum absolute atomic E-state index is 0.134. The van der Waals surface area contributed by atoms with Crippen LogP contribution >= 0.6 is 0 Å². The third kappa shape index (κ3) is 19.0. The highest BCUT2D eigenvalue weighted by Crippen LogP contribution is 2.07. The molecule has 0 aromatic heterocycles. The lowest BCUT2D eigenvalue weighted by molar-refractivity contribution is -0.152. The second kappa shape index (κ2) is 23.2. The zero-order valence-corrected chi connectivity index (χ0v) is 22.1. The van der Waals surface area contributed by atoms with Gasteiger partial charge in [0.1, 0.15) is 24.9 Å². The number of rotatable bonds is 19. The summed E-state index contributed by atoms with van der Waals surface area (Å²) in [6.07, 6.45) is 9.97. The van der Waals surface area contributed by atoms with Gasteiger partial charge in [-0.2, -0.15) is 0 Å². The van der Waals surface area contributed by atoms with Crippen molar-refractivity contribution in [1.29, 1.82) is 0 Å². The molecule has 0 aliphatic carbocycles. The van der Waals surface area contributed by atoms with Crippen LogP contribution in [0.15, 0.2) is 43.0 Å². The Hall–Kier alpha value is -2.26. The van der Waals surface area contributed by atoms with Crippen LogP contribution in [0.5, 0.6) is 0 Å². The predicted molar refractivity (Wildman–Crippen MR) is 141 cm³/mol. The Morgan fingerprint density at radius 2 is 1.61 bits per heavy atom. The Labute approximate surface area is 216 Å². The summed E-state index contributed by atoms with van der Waals surface area (Å²) < 4.78 is 10.1. The fourth-order valence-corrected chi connectivity index (χ4v) is 3.13. The van der Waals surface area contributed by atoms with Gasteiger partial charge in [-0.15, -0.1) is 6.58 Å². The van der Waals surface area contributed by atoms with E-state index in [9.17, 15) is 14.7 Å². The molecule has 0 aliphatic heterocycles. The molecule has 0 saturated heterocycles. The van der Waals surface area contributed by atoms with Crippen LogP contribution in [-0.2, 0) is 25.5 Å². The van der Waals surface area contributed by atoms with Crippen molar-refractivity contribution in [3.63, 3.8) is 0 Å². The number of hydrogen-bond donors (Lipinski definition) is 4. The molecule has 206 valence electrons. The summed E-state index contributed by atoms with van der Waals surface area (Å²) in [6, 6.07) is 8.35. The number of aliphatic hydroxyl groups is 3. The van der Waals surface area contributed by atoms with Crippen LogP contribution in [0, 0.1) is 0 Å². The maximum Gasteiger partial charge on any atom is 0.329 e. The molecular formula is C28H47NO7. The highest BCUT2D eigenvalue weighted by molar-refractivity contribution is 5.84. The predicted octanol–water partition coefficient (Wildman–Crippen LogP) is 3.32. The average Bonchev–Trinajstić information content (AvgIpc) is 2.89. The molecule has 36 heavy (non-hydrogen) atoms. The highest BCUT2D eigenvalue weighted by Gasteiger charge is 2.23. The first-order valence-corrected chi connectivity index (χ1v) is 13.0. The molecule has 4 N–H and O–H groups in total. The molecule has 0 aliphatic rings. The number of unbranched alkanes of at least 4 members (excludes halogenated alkanes) is 6. The minimum atomic E-state index is -1.08. The number of carbonyl (C=O) groups is 2. The van der Waals surface area contributed by atoms with Crippen molar-refractivity contribution >= 4 is 11.9 Å². The molecule has 3 atom stereocenters. The zero-order chi connectivity index (χ0) is 27.0. The molecule has 1 rings (SSSR count). The average molecular weight is 510 g/mol. The first-order valence-electron chi connectivity index (χ1n) is 13.0. The van der Waals surface area contributed by atoms with E-state index in [-0.39, 0.29) is 38.6 Å². The van der Waals surface area contributed by atoms with Crippen molar-refractivity contribution in [3.8, 4) is 0 Å². The van der Waals surface area contributed by atoms with Crippen molar-refractivity contribution < 1.29 is 34.4 Å². The molecule has 3 unspecified atom stereocenters. The number of benzene rings is 1. The van der Waals surface area contributed by atoms with Gasteiger partial charge < -0.3 is 30.1 Å². The maximum absolute atomic E-state index is 12.3. The van der Waals surface area contributed by atoms with Crippen LogP contribution in [0.4, 0.5) is 0 Å². The summed E-state index contributed by atoms with van der Waals surface area (Å²) in [5.74, 6) is -0.921. The standard InChI is InChI=1S/C18H27NO7.C10H20/c1-2-17(23)19-16(8-13-6-4-3-5-7-13)18(24)26-12-15(22)11-25-10-14(21)9-20;1-3-5-7-9-10-8-6-4-2/h3-7,14-16,20-22H,2,8-12H2,1H3,(H,19,23);3H,1,4-10H2,2H3. The van der Waals surface area contributed by atoms with E-state index in [1.807, 2.05) is 36.4 Å². The number of aliphatic hydroxyl groups excluding tert-OH is 3. The van der Waals surface area contributed by atoms with Gasteiger partial charge in [0.15, 0.2) is 0 Å². The highest BCUT2D eigenvalue weighted by atomic mass is 16.6. The van der Waals surface area contributed by atoms with E-state index >= 15 is 0 Å². The van der Waals surface area contributed by atoms with Gasteiger partial charge in [0.2, 0.25) is 5.91 Å². The summed E-state index contributed by atoms with van der Waals surface area (Å²) in [5, 5.41) is 30.1. The lowest BCUT2D eigenvalue weighted by atomic mass is 10.1. The van der Waals surface area contributed by atoms with Crippen LogP contribution in [-0.4, -0.2) is 71.9 Å². The topological polar surface area (TPSA) is 125 Å². The van der Waals surface area contributed by atoms with Crippen LogP contribution in [0.3, 0.4) is 0 Å². The van der Waals surface area contributed by atoms with Crippen molar-refractivity contribution in [2.75, 3.05) is 26.4 Å². The molecule has 1 amide bonds. The summed E-state index contributed by atoms with van der Waals surface area (Å²) >= 11 is 0. The lowest BCUT2D eigenvalue weighted by Crippen LogP contribution is -2.44. The van der Waals surface area contributed by atoms with Gasteiger partial charge in [0.25, 0.3) is 0 Å². The number of esters is 1. The monoisotopic (exact) mass is 509 g/mol. The number of nitrogens with one attached hydrogen (secondary N) is 1. The Balaban J connectivity index is 0.00000103. The molecule has 0 fully saturated rings. The molecule has 8 heteroatoms. The molecule has 0 spiro atoms.